The number of quaternary nitrogens is 1. The van der Waals surface area contributed by atoms with Gasteiger partial charge < -0.3 is 15.0 Å². The maximum atomic E-state index is 10.8. The number of hydrogen-bond donors (Lipinski definition) is 1. The summed E-state index contributed by atoms with van der Waals surface area (Å²) in [6.07, 6.45) is 0. The molecule has 3 heteroatoms. The van der Waals surface area contributed by atoms with Crippen LogP contribution < -0.4 is 9.80 Å². The summed E-state index contributed by atoms with van der Waals surface area (Å²) in [4.78, 5) is 0. The van der Waals surface area contributed by atoms with Crippen molar-refractivity contribution in [1.29, 1.82) is 0 Å². The first kappa shape index (κ1) is 6.64. The van der Waals surface area contributed by atoms with Crippen LogP contribution in [0.5, 0.6) is 5.75 Å². The van der Waals surface area contributed by atoms with E-state index in [1.54, 1.807) is 6.54 Å². The molecule has 2 rings (SSSR count). The van der Waals surface area contributed by atoms with Gasteiger partial charge in [0, 0.05) is 0 Å². The highest BCUT2D eigenvalue weighted by atomic mass is 16.6. The minimum Gasteiger partial charge on any atom is -0.631 e. The standard InChI is InChI=1S/C8H8NO2/c10-9-5-7-3-1-2-4-8(7)11-6-9/h1-5,9H,6H2. The van der Waals surface area contributed by atoms with Gasteiger partial charge in [-0.2, -0.15) is 0 Å². The van der Waals surface area contributed by atoms with Crippen molar-refractivity contribution in [3.05, 3.63) is 41.6 Å². The summed E-state index contributed by atoms with van der Waals surface area (Å²) in [5.74, 6) is 0.798. The number of benzene rings is 1. The fourth-order valence-corrected chi connectivity index (χ4v) is 1.10. The molecular weight excluding hydrogens is 142 g/mol. The molecular formula is C8H8NO2. The fourth-order valence-electron chi connectivity index (χ4n) is 1.10. The summed E-state index contributed by atoms with van der Waals surface area (Å²) in [5.41, 5.74) is 0.878. The highest BCUT2D eigenvalue weighted by molar-refractivity contribution is 5.37. The molecule has 0 aromatic heterocycles. The van der Waals surface area contributed by atoms with Crippen LogP contribution in [0.3, 0.4) is 0 Å². The lowest BCUT2D eigenvalue weighted by Crippen LogP contribution is -3.06. The summed E-state index contributed by atoms with van der Waals surface area (Å²) < 4.78 is 5.15. The second-order valence-electron chi connectivity index (χ2n) is 2.44. The maximum Gasteiger partial charge on any atom is 0.222 e. The van der Waals surface area contributed by atoms with Crippen LogP contribution in [0.1, 0.15) is 5.56 Å². The quantitative estimate of drug-likeness (QED) is 0.525. The Balaban J connectivity index is 2.34. The minimum atomic E-state index is 0.0312. The van der Waals surface area contributed by atoms with Crippen molar-refractivity contribution in [2.75, 3.05) is 6.73 Å². The molecule has 0 fully saturated rings. The Labute approximate surface area is 64.8 Å². The van der Waals surface area contributed by atoms with Gasteiger partial charge in [0.05, 0.1) is 5.56 Å². The molecule has 11 heavy (non-hydrogen) atoms. The zero-order valence-corrected chi connectivity index (χ0v) is 5.91. The molecule has 1 atom stereocenters. The van der Waals surface area contributed by atoms with E-state index in [1.165, 1.54) is 0 Å². The Morgan fingerprint density at radius 2 is 2.18 bits per heavy atom. The Bertz CT molecular complexity index is 262. The molecule has 1 radical (unpaired) electrons. The van der Waals surface area contributed by atoms with Gasteiger partial charge in [0.1, 0.15) is 5.75 Å². The van der Waals surface area contributed by atoms with Crippen LogP contribution in [-0.4, -0.2) is 6.73 Å². The molecule has 1 unspecified atom stereocenters. The van der Waals surface area contributed by atoms with E-state index in [0.717, 1.165) is 11.3 Å². The molecule has 0 aliphatic carbocycles. The van der Waals surface area contributed by atoms with E-state index in [2.05, 4.69) is 0 Å². The van der Waals surface area contributed by atoms with Crippen LogP contribution in [0.2, 0.25) is 0 Å². The zero-order valence-electron chi connectivity index (χ0n) is 5.91. The summed E-state index contributed by atoms with van der Waals surface area (Å²) in [6.45, 7) is 1.79. The highest BCUT2D eigenvalue weighted by Gasteiger charge is 2.14. The van der Waals surface area contributed by atoms with Crippen LogP contribution in [0.15, 0.2) is 24.3 Å². The predicted molar refractivity (Wildman–Crippen MR) is 39.7 cm³/mol. The van der Waals surface area contributed by atoms with Crippen LogP contribution in [0, 0.1) is 11.8 Å². The van der Waals surface area contributed by atoms with Crippen molar-refractivity contribution in [2.45, 2.75) is 0 Å². The lowest BCUT2D eigenvalue weighted by Gasteiger charge is -2.26. The van der Waals surface area contributed by atoms with Crippen molar-refractivity contribution in [2.24, 2.45) is 0 Å². The molecule has 0 amide bonds. The van der Waals surface area contributed by atoms with Gasteiger partial charge >= 0.3 is 0 Å². The van der Waals surface area contributed by atoms with Gasteiger partial charge in [0.15, 0.2) is 6.54 Å². The number of hydrogen-bond acceptors (Lipinski definition) is 2. The van der Waals surface area contributed by atoms with Crippen molar-refractivity contribution < 1.29 is 9.80 Å². The summed E-state index contributed by atoms with van der Waals surface area (Å²) in [7, 11) is 0. The third-order valence-electron chi connectivity index (χ3n) is 1.61. The minimum absolute atomic E-state index is 0.0312. The Hall–Kier alpha value is -1.06. The Kier molecular flexibility index (Phi) is 1.52. The van der Waals surface area contributed by atoms with Gasteiger partial charge in [0.25, 0.3) is 0 Å². The van der Waals surface area contributed by atoms with E-state index in [0.29, 0.717) is 0 Å². The molecule has 1 aliphatic heterocycles. The first-order valence-electron chi connectivity index (χ1n) is 3.46. The Morgan fingerprint density at radius 1 is 1.36 bits per heavy atom. The third kappa shape index (κ3) is 1.20. The smallest absolute Gasteiger partial charge is 0.222 e. The average molecular weight is 150 g/mol. The van der Waals surface area contributed by atoms with E-state index >= 15 is 0 Å². The van der Waals surface area contributed by atoms with Gasteiger partial charge in [0.2, 0.25) is 6.73 Å². The summed E-state index contributed by atoms with van der Waals surface area (Å²) >= 11 is 0. The van der Waals surface area contributed by atoms with Crippen LogP contribution in [-0.2, 0) is 0 Å². The summed E-state index contributed by atoms with van der Waals surface area (Å²) in [6, 6.07) is 7.50. The first-order valence-corrected chi connectivity index (χ1v) is 3.46. The van der Waals surface area contributed by atoms with Gasteiger partial charge in [-0.25, -0.2) is 0 Å². The Morgan fingerprint density at radius 3 is 3.09 bits per heavy atom. The van der Waals surface area contributed by atoms with E-state index in [9.17, 15) is 5.21 Å². The fraction of sp³-hybridized carbons (Fsp3) is 0.125. The molecule has 0 bridgehead atoms. The third-order valence-corrected chi connectivity index (χ3v) is 1.61. The number of hydroxylamine groups is 2. The van der Waals surface area contributed by atoms with Gasteiger partial charge in [-0.15, -0.1) is 0 Å². The van der Waals surface area contributed by atoms with E-state index in [-0.39, 0.29) is 11.8 Å². The topological polar surface area (TPSA) is 36.7 Å². The normalized spacial score (nSPS) is 22.1. The number of nitrogens with one attached hydrogen (secondary N) is 1. The zero-order chi connectivity index (χ0) is 7.68. The number of para-hydroxylation sites is 1. The van der Waals surface area contributed by atoms with Gasteiger partial charge in [-0.1, -0.05) is 12.1 Å². The van der Waals surface area contributed by atoms with Gasteiger partial charge in [-0.3, -0.25) is 0 Å². The molecule has 1 N–H and O–H groups in total. The molecule has 57 valence electrons. The monoisotopic (exact) mass is 150 g/mol. The molecule has 1 aromatic carbocycles. The second-order valence-corrected chi connectivity index (χ2v) is 2.44. The number of rotatable bonds is 0. The van der Waals surface area contributed by atoms with Crippen LogP contribution in [0.25, 0.3) is 0 Å². The van der Waals surface area contributed by atoms with Crippen molar-refractivity contribution in [1.82, 2.24) is 0 Å². The van der Waals surface area contributed by atoms with Crippen molar-refractivity contribution in [3.8, 4) is 5.75 Å². The molecule has 0 saturated heterocycles. The van der Waals surface area contributed by atoms with Crippen molar-refractivity contribution in [3.63, 3.8) is 0 Å². The predicted octanol–water partition coefficient (Wildman–Crippen LogP) is -0.0709. The molecule has 1 aromatic rings. The van der Waals surface area contributed by atoms with E-state index in [4.69, 9.17) is 4.74 Å². The van der Waals surface area contributed by atoms with Gasteiger partial charge in [-0.05, 0) is 12.1 Å². The molecule has 1 aliphatic rings. The molecule has 0 saturated carbocycles. The molecule has 1 heterocycles. The second kappa shape index (κ2) is 2.53. The number of fused-ring (bicyclic) bond motifs is 1. The average Bonchev–Trinajstić information content (AvgIpc) is 2.04. The highest BCUT2D eigenvalue weighted by Crippen LogP contribution is 2.18. The molecule has 3 nitrogen and oxygen atoms in total. The lowest BCUT2D eigenvalue weighted by molar-refractivity contribution is -0.833. The van der Waals surface area contributed by atoms with Crippen molar-refractivity contribution >= 4 is 0 Å². The maximum absolute atomic E-state index is 10.8. The SMILES string of the molecule is [O-][NH+]1[CH]c2ccccc2OC1. The largest absolute Gasteiger partial charge is 0.631 e. The number of ether oxygens (including phenoxy) is 1. The van der Waals surface area contributed by atoms with Crippen LogP contribution in [0.4, 0.5) is 0 Å². The molecule has 0 spiro atoms. The van der Waals surface area contributed by atoms with E-state index in [1.807, 2.05) is 24.3 Å². The van der Waals surface area contributed by atoms with Crippen LogP contribution >= 0.6 is 0 Å². The first-order chi connectivity index (χ1) is 5.36. The summed E-state index contributed by atoms with van der Waals surface area (Å²) in [5, 5.41) is 10.9. The van der Waals surface area contributed by atoms with E-state index < -0.39 is 0 Å². The lowest BCUT2D eigenvalue weighted by atomic mass is 10.2.